The maximum absolute atomic E-state index is 11.6. The van der Waals surface area contributed by atoms with Gasteiger partial charge in [0, 0.05) is 30.5 Å². The standard InChI is InChI=1S/C11H15N3O/c15-11(8-10-2-1-5-13-10)14-9-3-6-12-7-4-9/h3-4,6-7,10,13H,1-2,5,8H2,(H,12,14,15). The number of amides is 1. The number of nitrogens with one attached hydrogen (secondary N) is 2. The van der Waals surface area contributed by atoms with Crippen molar-refractivity contribution in [1.29, 1.82) is 0 Å². The fourth-order valence-corrected chi connectivity index (χ4v) is 1.80. The number of carbonyl (C=O) groups excluding carboxylic acids is 1. The summed E-state index contributed by atoms with van der Waals surface area (Å²) in [6.07, 6.45) is 6.17. The van der Waals surface area contributed by atoms with Crippen LogP contribution in [0.5, 0.6) is 0 Å². The Hall–Kier alpha value is -1.42. The van der Waals surface area contributed by atoms with Crippen LogP contribution in [0.15, 0.2) is 24.5 Å². The van der Waals surface area contributed by atoms with Crippen LogP contribution >= 0.6 is 0 Å². The first-order valence-electron chi connectivity index (χ1n) is 5.28. The van der Waals surface area contributed by atoms with Gasteiger partial charge in [0.15, 0.2) is 0 Å². The molecule has 2 N–H and O–H groups in total. The largest absolute Gasteiger partial charge is 0.326 e. The number of carbonyl (C=O) groups is 1. The molecule has 0 spiro atoms. The molecule has 15 heavy (non-hydrogen) atoms. The zero-order valence-electron chi connectivity index (χ0n) is 8.57. The minimum Gasteiger partial charge on any atom is -0.326 e. The number of aromatic nitrogens is 1. The third kappa shape index (κ3) is 3.02. The van der Waals surface area contributed by atoms with Crippen LogP contribution in [-0.2, 0) is 4.79 Å². The van der Waals surface area contributed by atoms with Crippen LogP contribution in [0.3, 0.4) is 0 Å². The lowest BCUT2D eigenvalue weighted by Crippen LogP contribution is -2.27. The topological polar surface area (TPSA) is 54.0 Å². The second kappa shape index (κ2) is 4.89. The summed E-state index contributed by atoms with van der Waals surface area (Å²) in [5.74, 6) is 0.0700. The molecule has 1 atom stereocenters. The Kier molecular flexibility index (Phi) is 3.29. The average Bonchev–Trinajstić information content (AvgIpc) is 2.71. The third-order valence-electron chi connectivity index (χ3n) is 2.56. The van der Waals surface area contributed by atoms with E-state index in [9.17, 15) is 4.79 Å². The van der Waals surface area contributed by atoms with E-state index in [0.29, 0.717) is 12.5 Å². The normalized spacial score (nSPS) is 20.1. The van der Waals surface area contributed by atoms with Crippen LogP contribution in [0.25, 0.3) is 0 Å². The van der Waals surface area contributed by atoms with Crippen molar-refractivity contribution in [2.45, 2.75) is 25.3 Å². The molecule has 0 radical (unpaired) electrons. The van der Waals surface area contributed by atoms with Gasteiger partial charge in [-0.25, -0.2) is 0 Å². The predicted octanol–water partition coefficient (Wildman–Crippen LogP) is 1.16. The van der Waals surface area contributed by atoms with Gasteiger partial charge in [-0.15, -0.1) is 0 Å². The van der Waals surface area contributed by atoms with Gasteiger partial charge in [-0.3, -0.25) is 9.78 Å². The first kappa shape index (κ1) is 10.1. The summed E-state index contributed by atoms with van der Waals surface area (Å²) < 4.78 is 0. The summed E-state index contributed by atoms with van der Waals surface area (Å²) in [6, 6.07) is 3.94. The van der Waals surface area contributed by atoms with Crippen LogP contribution in [0, 0.1) is 0 Å². The quantitative estimate of drug-likeness (QED) is 0.778. The molecule has 0 bridgehead atoms. The highest BCUT2D eigenvalue weighted by Crippen LogP contribution is 2.10. The Labute approximate surface area is 89.1 Å². The maximum Gasteiger partial charge on any atom is 0.225 e. The highest BCUT2D eigenvalue weighted by molar-refractivity contribution is 5.90. The van der Waals surface area contributed by atoms with Crippen LogP contribution in [-0.4, -0.2) is 23.5 Å². The van der Waals surface area contributed by atoms with Crippen molar-refractivity contribution in [3.05, 3.63) is 24.5 Å². The first-order chi connectivity index (χ1) is 7.34. The fraction of sp³-hybridized carbons (Fsp3) is 0.455. The van der Waals surface area contributed by atoms with Crippen molar-refractivity contribution >= 4 is 11.6 Å². The Bertz CT molecular complexity index is 320. The van der Waals surface area contributed by atoms with Gasteiger partial charge in [-0.2, -0.15) is 0 Å². The zero-order valence-corrected chi connectivity index (χ0v) is 8.57. The van der Waals surface area contributed by atoms with Crippen molar-refractivity contribution < 1.29 is 4.79 Å². The molecule has 80 valence electrons. The SMILES string of the molecule is O=C(CC1CCCN1)Nc1ccncc1. The smallest absolute Gasteiger partial charge is 0.225 e. The Morgan fingerprint density at radius 2 is 2.33 bits per heavy atom. The van der Waals surface area contributed by atoms with Crippen molar-refractivity contribution in [1.82, 2.24) is 10.3 Å². The molecule has 1 aromatic rings. The molecule has 0 saturated carbocycles. The summed E-state index contributed by atoms with van der Waals surface area (Å²) >= 11 is 0. The van der Waals surface area contributed by atoms with Gasteiger partial charge < -0.3 is 10.6 Å². The third-order valence-corrected chi connectivity index (χ3v) is 2.56. The summed E-state index contributed by atoms with van der Waals surface area (Å²) in [6.45, 7) is 1.03. The minimum absolute atomic E-state index is 0.0700. The molecular formula is C11H15N3O. The average molecular weight is 205 g/mol. The van der Waals surface area contributed by atoms with E-state index < -0.39 is 0 Å². The molecule has 4 heteroatoms. The summed E-state index contributed by atoms with van der Waals surface area (Å²) in [4.78, 5) is 15.5. The Morgan fingerprint density at radius 1 is 1.53 bits per heavy atom. The lowest BCUT2D eigenvalue weighted by Gasteiger charge is -2.09. The number of pyridine rings is 1. The molecule has 1 aliphatic heterocycles. The fourth-order valence-electron chi connectivity index (χ4n) is 1.80. The van der Waals surface area contributed by atoms with Crippen molar-refractivity contribution in [3.8, 4) is 0 Å². The molecule has 0 aliphatic carbocycles. The van der Waals surface area contributed by atoms with Gasteiger partial charge in [0.05, 0.1) is 0 Å². The van der Waals surface area contributed by atoms with E-state index in [2.05, 4.69) is 15.6 Å². The second-order valence-corrected chi connectivity index (χ2v) is 3.78. The highest BCUT2D eigenvalue weighted by Gasteiger charge is 2.17. The Balaban J connectivity index is 1.82. The van der Waals surface area contributed by atoms with E-state index in [1.165, 1.54) is 6.42 Å². The van der Waals surface area contributed by atoms with Crippen LogP contribution in [0.2, 0.25) is 0 Å². The Morgan fingerprint density at radius 3 is 3.00 bits per heavy atom. The number of hydrogen-bond donors (Lipinski definition) is 2. The molecule has 2 heterocycles. The molecule has 0 aromatic carbocycles. The summed E-state index contributed by atoms with van der Waals surface area (Å²) in [5.41, 5.74) is 0.813. The monoisotopic (exact) mass is 205 g/mol. The number of rotatable bonds is 3. The predicted molar refractivity (Wildman–Crippen MR) is 58.5 cm³/mol. The van der Waals surface area contributed by atoms with E-state index >= 15 is 0 Å². The second-order valence-electron chi connectivity index (χ2n) is 3.78. The molecule has 1 amide bonds. The van der Waals surface area contributed by atoms with E-state index in [1.807, 2.05) is 0 Å². The van der Waals surface area contributed by atoms with E-state index in [-0.39, 0.29) is 5.91 Å². The molecule has 1 aliphatic rings. The van der Waals surface area contributed by atoms with E-state index in [1.54, 1.807) is 24.5 Å². The van der Waals surface area contributed by atoms with Crippen molar-refractivity contribution in [2.24, 2.45) is 0 Å². The molecule has 1 saturated heterocycles. The van der Waals surface area contributed by atoms with Crippen molar-refractivity contribution in [3.63, 3.8) is 0 Å². The van der Waals surface area contributed by atoms with Gasteiger partial charge in [0.25, 0.3) is 0 Å². The highest BCUT2D eigenvalue weighted by atomic mass is 16.1. The van der Waals surface area contributed by atoms with Crippen molar-refractivity contribution in [2.75, 3.05) is 11.9 Å². The lowest BCUT2D eigenvalue weighted by atomic mass is 10.1. The first-order valence-corrected chi connectivity index (χ1v) is 5.28. The van der Waals surface area contributed by atoms with E-state index in [4.69, 9.17) is 0 Å². The molecule has 4 nitrogen and oxygen atoms in total. The lowest BCUT2D eigenvalue weighted by molar-refractivity contribution is -0.116. The number of nitrogens with zero attached hydrogens (tertiary/aromatic N) is 1. The molecule has 1 unspecified atom stereocenters. The van der Waals surface area contributed by atoms with Gasteiger partial charge >= 0.3 is 0 Å². The van der Waals surface area contributed by atoms with Gasteiger partial charge in [-0.05, 0) is 31.5 Å². The molecule has 1 aromatic heterocycles. The van der Waals surface area contributed by atoms with Crippen LogP contribution < -0.4 is 10.6 Å². The summed E-state index contributed by atoms with van der Waals surface area (Å²) in [5, 5.41) is 6.15. The van der Waals surface area contributed by atoms with E-state index in [0.717, 1.165) is 18.7 Å². The molecule has 2 rings (SSSR count). The van der Waals surface area contributed by atoms with Crippen LogP contribution in [0.4, 0.5) is 5.69 Å². The molecule has 1 fully saturated rings. The zero-order chi connectivity index (χ0) is 10.5. The minimum atomic E-state index is 0.0700. The summed E-state index contributed by atoms with van der Waals surface area (Å²) in [7, 11) is 0. The van der Waals surface area contributed by atoms with Gasteiger partial charge in [0.1, 0.15) is 0 Å². The van der Waals surface area contributed by atoms with Gasteiger partial charge in [0.2, 0.25) is 5.91 Å². The van der Waals surface area contributed by atoms with Crippen LogP contribution in [0.1, 0.15) is 19.3 Å². The number of hydrogen-bond acceptors (Lipinski definition) is 3. The van der Waals surface area contributed by atoms with Gasteiger partial charge in [-0.1, -0.05) is 0 Å². The molecular weight excluding hydrogens is 190 g/mol. The number of anilines is 1. The maximum atomic E-state index is 11.6.